The van der Waals surface area contributed by atoms with Crippen LogP contribution in [0.2, 0.25) is 0 Å². The molecule has 2 heterocycles. The number of para-hydroxylation sites is 1. The van der Waals surface area contributed by atoms with Crippen molar-refractivity contribution in [1.29, 1.82) is 5.26 Å². The fourth-order valence-corrected chi connectivity index (χ4v) is 4.96. The predicted molar refractivity (Wildman–Crippen MR) is 107 cm³/mol. The van der Waals surface area contributed by atoms with Crippen molar-refractivity contribution in [3.05, 3.63) is 63.3 Å². The van der Waals surface area contributed by atoms with E-state index in [-0.39, 0.29) is 5.91 Å². The van der Waals surface area contributed by atoms with Crippen molar-refractivity contribution in [2.45, 2.75) is 39.5 Å². The van der Waals surface area contributed by atoms with Gasteiger partial charge in [0, 0.05) is 4.88 Å². The molecular weight excluding hydrogens is 356 g/mol. The van der Waals surface area contributed by atoms with Gasteiger partial charge in [0.05, 0.1) is 28.2 Å². The number of carbonyl (C=O) groups excluding carboxylic acids is 1. The molecule has 2 aromatic heterocycles. The Morgan fingerprint density at radius 1 is 1.22 bits per heavy atom. The topological polar surface area (TPSA) is 70.7 Å². The zero-order valence-electron chi connectivity index (χ0n) is 15.4. The van der Waals surface area contributed by atoms with Crippen LogP contribution in [0.1, 0.15) is 50.6 Å². The first-order chi connectivity index (χ1) is 13.1. The second kappa shape index (κ2) is 7.01. The van der Waals surface area contributed by atoms with Crippen LogP contribution in [-0.4, -0.2) is 15.7 Å². The van der Waals surface area contributed by atoms with E-state index >= 15 is 0 Å². The number of aryl methyl sites for hydroxylation is 2. The zero-order chi connectivity index (χ0) is 19.0. The molecular formula is C21H20N4OS. The smallest absolute Gasteiger partial charge is 0.260 e. The fourth-order valence-electron chi connectivity index (χ4n) is 3.73. The number of benzene rings is 1. The molecule has 27 heavy (non-hydrogen) atoms. The van der Waals surface area contributed by atoms with Gasteiger partial charge in [-0.3, -0.25) is 4.79 Å². The summed E-state index contributed by atoms with van der Waals surface area (Å²) in [4.78, 5) is 14.3. The Balaban J connectivity index is 1.68. The van der Waals surface area contributed by atoms with E-state index < -0.39 is 0 Å². The predicted octanol–water partition coefficient (Wildman–Crippen LogP) is 4.55. The molecule has 0 bridgehead atoms. The summed E-state index contributed by atoms with van der Waals surface area (Å²) in [6, 6.07) is 12.1. The van der Waals surface area contributed by atoms with Gasteiger partial charge in [0.25, 0.3) is 5.91 Å². The average Bonchev–Trinajstić information content (AvgIpc) is 3.18. The lowest BCUT2D eigenvalue weighted by Gasteiger charge is -2.09. The average molecular weight is 376 g/mol. The number of thiophene rings is 1. The number of hydrogen-bond donors (Lipinski definition) is 1. The highest BCUT2D eigenvalue weighted by atomic mass is 32.1. The summed E-state index contributed by atoms with van der Waals surface area (Å²) in [6.07, 6.45) is 4.17. The summed E-state index contributed by atoms with van der Waals surface area (Å²) in [5.41, 5.74) is 4.70. The molecule has 0 saturated heterocycles. The monoisotopic (exact) mass is 376 g/mol. The lowest BCUT2D eigenvalue weighted by atomic mass is 9.96. The van der Waals surface area contributed by atoms with Crippen molar-refractivity contribution in [3.63, 3.8) is 0 Å². The number of nitrogens with zero attached hydrogens (tertiary/aromatic N) is 3. The van der Waals surface area contributed by atoms with Gasteiger partial charge in [0.15, 0.2) is 0 Å². The van der Waals surface area contributed by atoms with Crippen LogP contribution in [-0.2, 0) is 12.8 Å². The Hall–Kier alpha value is -2.91. The van der Waals surface area contributed by atoms with Crippen LogP contribution in [0.25, 0.3) is 5.69 Å². The van der Waals surface area contributed by atoms with Crippen LogP contribution in [0.3, 0.4) is 0 Å². The standard InChI is InChI=1S/C21H20N4OS/c1-13-19(14(2)25(24-13)15-8-4-3-5-9-15)20(26)23-21-17(12-22)16-10-6-7-11-18(16)27-21/h3-5,8-9H,6-7,10-11H2,1-2H3,(H,23,26). The van der Waals surface area contributed by atoms with Crippen LogP contribution < -0.4 is 5.32 Å². The Kier molecular flexibility index (Phi) is 4.54. The van der Waals surface area contributed by atoms with E-state index in [0.717, 1.165) is 42.6 Å². The Morgan fingerprint density at radius 2 is 1.96 bits per heavy atom. The minimum atomic E-state index is -0.206. The maximum absolute atomic E-state index is 13.0. The van der Waals surface area contributed by atoms with Crippen LogP contribution in [0.4, 0.5) is 5.00 Å². The normalized spacial score (nSPS) is 13.1. The third kappa shape index (κ3) is 3.04. The highest BCUT2D eigenvalue weighted by Crippen LogP contribution is 2.38. The molecule has 1 aliphatic carbocycles. The first-order valence-electron chi connectivity index (χ1n) is 9.07. The third-order valence-electron chi connectivity index (χ3n) is 5.03. The molecule has 0 spiro atoms. The molecule has 0 saturated carbocycles. The maximum atomic E-state index is 13.0. The summed E-state index contributed by atoms with van der Waals surface area (Å²) in [7, 11) is 0. The molecule has 0 aliphatic heterocycles. The van der Waals surface area contributed by atoms with Gasteiger partial charge in [-0.1, -0.05) is 18.2 Å². The number of amides is 1. The third-order valence-corrected chi connectivity index (χ3v) is 6.24. The number of rotatable bonds is 3. The van der Waals surface area contributed by atoms with E-state index in [9.17, 15) is 10.1 Å². The summed E-state index contributed by atoms with van der Waals surface area (Å²) < 4.78 is 1.79. The van der Waals surface area contributed by atoms with Gasteiger partial charge >= 0.3 is 0 Å². The summed E-state index contributed by atoms with van der Waals surface area (Å²) in [5.74, 6) is -0.206. The quantitative estimate of drug-likeness (QED) is 0.729. The van der Waals surface area contributed by atoms with Gasteiger partial charge in [-0.2, -0.15) is 10.4 Å². The molecule has 0 atom stereocenters. The molecule has 1 amide bonds. The van der Waals surface area contributed by atoms with E-state index in [1.807, 2.05) is 44.2 Å². The molecule has 3 aromatic rings. The van der Waals surface area contributed by atoms with Crippen molar-refractivity contribution in [3.8, 4) is 11.8 Å². The highest BCUT2D eigenvalue weighted by Gasteiger charge is 2.24. The van der Waals surface area contributed by atoms with Gasteiger partial charge in [0.2, 0.25) is 0 Å². The number of nitriles is 1. The van der Waals surface area contributed by atoms with Crippen molar-refractivity contribution < 1.29 is 4.79 Å². The van der Waals surface area contributed by atoms with Crippen LogP contribution >= 0.6 is 11.3 Å². The van der Waals surface area contributed by atoms with E-state index in [2.05, 4.69) is 16.5 Å². The molecule has 4 rings (SSSR count). The molecule has 1 aromatic carbocycles. The summed E-state index contributed by atoms with van der Waals surface area (Å²) in [5, 5.41) is 17.8. The van der Waals surface area contributed by atoms with Crippen LogP contribution in [0, 0.1) is 25.2 Å². The number of carbonyl (C=O) groups is 1. The first-order valence-corrected chi connectivity index (χ1v) is 9.89. The van der Waals surface area contributed by atoms with Crippen molar-refractivity contribution in [2.75, 3.05) is 5.32 Å². The van der Waals surface area contributed by atoms with Crippen molar-refractivity contribution >= 4 is 22.2 Å². The van der Waals surface area contributed by atoms with E-state index in [1.54, 1.807) is 16.0 Å². The number of anilines is 1. The van der Waals surface area contributed by atoms with E-state index in [0.29, 0.717) is 21.8 Å². The Bertz CT molecular complexity index is 1060. The number of fused-ring (bicyclic) bond motifs is 1. The molecule has 0 radical (unpaired) electrons. The largest absolute Gasteiger partial charge is 0.312 e. The van der Waals surface area contributed by atoms with Crippen LogP contribution in [0.5, 0.6) is 0 Å². The molecule has 1 aliphatic rings. The maximum Gasteiger partial charge on any atom is 0.260 e. The fraction of sp³-hybridized carbons (Fsp3) is 0.286. The van der Waals surface area contributed by atoms with Gasteiger partial charge in [-0.25, -0.2) is 4.68 Å². The van der Waals surface area contributed by atoms with Gasteiger partial charge in [0.1, 0.15) is 11.1 Å². The molecule has 5 nitrogen and oxygen atoms in total. The van der Waals surface area contributed by atoms with Crippen molar-refractivity contribution in [1.82, 2.24) is 9.78 Å². The van der Waals surface area contributed by atoms with Crippen molar-refractivity contribution in [2.24, 2.45) is 0 Å². The summed E-state index contributed by atoms with van der Waals surface area (Å²) >= 11 is 1.54. The molecule has 136 valence electrons. The van der Waals surface area contributed by atoms with Gasteiger partial charge in [-0.15, -0.1) is 11.3 Å². The SMILES string of the molecule is Cc1nn(-c2ccccc2)c(C)c1C(=O)Nc1sc2c(c1C#N)CCCC2. The van der Waals surface area contributed by atoms with Crippen LogP contribution in [0.15, 0.2) is 30.3 Å². The minimum absolute atomic E-state index is 0.206. The van der Waals surface area contributed by atoms with E-state index in [4.69, 9.17) is 0 Å². The Labute approximate surface area is 162 Å². The second-order valence-electron chi connectivity index (χ2n) is 6.77. The lowest BCUT2D eigenvalue weighted by molar-refractivity contribution is 0.102. The minimum Gasteiger partial charge on any atom is -0.312 e. The van der Waals surface area contributed by atoms with Gasteiger partial charge in [-0.05, 0) is 57.2 Å². The first kappa shape index (κ1) is 17.5. The zero-order valence-corrected chi connectivity index (χ0v) is 16.2. The molecule has 0 fully saturated rings. The second-order valence-corrected chi connectivity index (χ2v) is 7.88. The Morgan fingerprint density at radius 3 is 2.70 bits per heavy atom. The molecule has 1 N–H and O–H groups in total. The van der Waals surface area contributed by atoms with Gasteiger partial charge < -0.3 is 5.32 Å². The van der Waals surface area contributed by atoms with E-state index in [1.165, 1.54) is 4.88 Å². The lowest BCUT2D eigenvalue weighted by Crippen LogP contribution is -2.14. The number of aromatic nitrogens is 2. The molecule has 0 unspecified atom stereocenters. The number of nitrogens with one attached hydrogen (secondary N) is 1. The molecule has 6 heteroatoms. The number of hydrogen-bond acceptors (Lipinski definition) is 4. The highest BCUT2D eigenvalue weighted by molar-refractivity contribution is 7.16. The summed E-state index contributed by atoms with van der Waals surface area (Å²) in [6.45, 7) is 3.73.